The van der Waals surface area contributed by atoms with E-state index in [-0.39, 0.29) is 0 Å². The van der Waals surface area contributed by atoms with Crippen LogP contribution in [-0.2, 0) is 9.53 Å². The van der Waals surface area contributed by atoms with E-state index in [4.69, 9.17) is 14.2 Å². The Bertz CT molecular complexity index is 423. The van der Waals surface area contributed by atoms with Crippen molar-refractivity contribution in [3.8, 4) is 11.5 Å². The monoisotopic (exact) mass is 236 g/mol. The van der Waals surface area contributed by atoms with E-state index >= 15 is 0 Å². The summed E-state index contributed by atoms with van der Waals surface area (Å²) in [6, 6.07) is 5.15. The first-order valence-corrected chi connectivity index (χ1v) is 5.22. The third kappa shape index (κ3) is 3.00. The molecule has 1 aromatic carbocycles. The molecule has 1 aromatic rings. The van der Waals surface area contributed by atoms with E-state index in [1.54, 1.807) is 32.2 Å². The van der Waals surface area contributed by atoms with Crippen LogP contribution in [-0.4, -0.2) is 26.8 Å². The fourth-order valence-corrected chi connectivity index (χ4v) is 1.36. The molecule has 0 fully saturated rings. The molecular weight excluding hydrogens is 220 g/mol. The number of ether oxygens (including phenoxy) is 3. The van der Waals surface area contributed by atoms with Crippen molar-refractivity contribution in [3.05, 3.63) is 30.3 Å². The number of esters is 1. The van der Waals surface area contributed by atoms with Crippen LogP contribution in [0, 0.1) is 0 Å². The number of carbonyl (C=O) groups excluding carboxylic acids is 1. The molecule has 0 spiro atoms. The van der Waals surface area contributed by atoms with Gasteiger partial charge in [-0.05, 0) is 24.6 Å². The second-order valence-corrected chi connectivity index (χ2v) is 3.27. The van der Waals surface area contributed by atoms with E-state index in [2.05, 4.69) is 6.58 Å². The first kappa shape index (κ1) is 13.1. The maximum absolute atomic E-state index is 11.5. The normalized spacial score (nSPS) is 9.59. The van der Waals surface area contributed by atoms with Gasteiger partial charge in [-0.2, -0.15) is 0 Å². The van der Waals surface area contributed by atoms with Crippen molar-refractivity contribution in [3.63, 3.8) is 0 Å². The molecule has 0 atom stereocenters. The van der Waals surface area contributed by atoms with Crippen LogP contribution in [0.2, 0.25) is 0 Å². The van der Waals surface area contributed by atoms with E-state index in [1.807, 2.05) is 0 Å². The summed E-state index contributed by atoms with van der Waals surface area (Å²) in [5.41, 5.74) is 0.953. The Morgan fingerprint density at radius 1 is 1.24 bits per heavy atom. The molecule has 0 aliphatic carbocycles. The second-order valence-electron chi connectivity index (χ2n) is 3.27. The van der Waals surface area contributed by atoms with Crippen LogP contribution in [0.3, 0.4) is 0 Å². The molecule has 0 unspecified atom stereocenters. The van der Waals surface area contributed by atoms with Gasteiger partial charge in [0.05, 0.1) is 26.4 Å². The second kappa shape index (κ2) is 5.94. The molecule has 0 aromatic heterocycles. The largest absolute Gasteiger partial charge is 0.493 e. The van der Waals surface area contributed by atoms with Gasteiger partial charge >= 0.3 is 5.97 Å². The summed E-state index contributed by atoms with van der Waals surface area (Å²) in [4.78, 5) is 11.5. The van der Waals surface area contributed by atoms with Gasteiger partial charge in [0.1, 0.15) is 0 Å². The summed E-state index contributed by atoms with van der Waals surface area (Å²) in [5, 5.41) is 0. The SMILES string of the molecule is C=C(C(=O)OCC)c1ccc(OC)c(OC)c1. The van der Waals surface area contributed by atoms with Crippen molar-refractivity contribution >= 4 is 11.5 Å². The molecule has 0 N–H and O–H groups in total. The van der Waals surface area contributed by atoms with E-state index in [0.29, 0.717) is 29.2 Å². The van der Waals surface area contributed by atoms with Gasteiger partial charge in [-0.25, -0.2) is 4.79 Å². The first-order valence-electron chi connectivity index (χ1n) is 5.22. The predicted molar refractivity (Wildman–Crippen MR) is 65.2 cm³/mol. The van der Waals surface area contributed by atoms with Crippen LogP contribution in [0.4, 0.5) is 0 Å². The minimum absolute atomic E-state index is 0.299. The highest BCUT2D eigenvalue weighted by molar-refractivity contribution is 6.15. The molecule has 0 aliphatic rings. The lowest BCUT2D eigenvalue weighted by Gasteiger charge is -2.10. The summed E-state index contributed by atoms with van der Waals surface area (Å²) < 4.78 is 15.1. The highest BCUT2D eigenvalue weighted by atomic mass is 16.5. The van der Waals surface area contributed by atoms with E-state index in [1.165, 1.54) is 7.11 Å². The highest BCUT2D eigenvalue weighted by Crippen LogP contribution is 2.30. The molecule has 0 heterocycles. The molecule has 1 rings (SSSR count). The molecule has 0 saturated heterocycles. The lowest BCUT2D eigenvalue weighted by Crippen LogP contribution is -2.06. The minimum atomic E-state index is -0.431. The third-order valence-corrected chi connectivity index (χ3v) is 2.25. The maximum Gasteiger partial charge on any atom is 0.338 e. The van der Waals surface area contributed by atoms with Crippen LogP contribution in [0.1, 0.15) is 12.5 Å². The van der Waals surface area contributed by atoms with Gasteiger partial charge in [0.15, 0.2) is 11.5 Å². The average Bonchev–Trinajstić information content (AvgIpc) is 2.37. The number of rotatable bonds is 5. The lowest BCUT2D eigenvalue weighted by molar-refractivity contribution is -0.136. The van der Waals surface area contributed by atoms with Crippen molar-refractivity contribution in [2.45, 2.75) is 6.92 Å². The Labute approximate surface area is 101 Å². The Balaban J connectivity index is 2.99. The number of hydrogen-bond acceptors (Lipinski definition) is 4. The van der Waals surface area contributed by atoms with Crippen molar-refractivity contribution in [1.82, 2.24) is 0 Å². The summed E-state index contributed by atoms with van der Waals surface area (Å²) in [6.07, 6.45) is 0. The molecule has 4 heteroatoms. The molecule has 4 nitrogen and oxygen atoms in total. The van der Waals surface area contributed by atoms with Gasteiger partial charge < -0.3 is 14.2 Å². The first-order chi connectivity index (χ1) is 8.13. The molecule has 0 bridgehead atoms. The zero-order valence-electron chi connectivity index (χ0n) is 10.3. The fraction of sp³-hybridized carbons (Fsp3) is 0.308. The number of hydrogen-bond donors (Lipinski definition) is 0. The molecule has 0 saturated carbocycles. The minimum Gasteiger partial charge on any atom is -0.493 e. The van der Waals surface area contributed by atoms with Crippen LogP contribution in [0.25, 0.3) is 5.57 Å². The van der Waals surface area contributed by atoms with Gasteiger partial charge in [0, 0.05) is 0 Å². The van der Waals surface area contributed by atoms with Crippen molar-refractivity contribution in [2.24, 2.45) is 0 Å². The number of methoxy groups -OCH3 is 2. The molecule has 0 aliphatic heterocycles. The molecule has 92 valence electrons. The van der Waals surface area contributed by atoms with Gasteiger partial charge in [-0.15, -0.1) is 0 Å². The van der Waals surface area contributed by atoms with Crippen LogP contribution in [0.15, 0.2) is 24.8 Å². The Kier molecular flexibility index (Phi) is 4.57. The lowest BCUT2D eigenvalue weighted by atomic mass is 10.1. The quantitative estimate of drug-likeness (QED) is 0.581. The van der Waals surface area contributed by atoms with Gasteiger partial charge in [-0.3, -0.25) is 0 Å². The summed E-state index contributed by atoms with van der Waals surface area (Å²) in [6.45, 7) is 5.78. The maximum atomic E-state index is 11.5. The topological polar surface area (TPSA) is 44.8 Å². The summed E-state index contributed by atoms with van der Waals surface area (Å²) in [5.74, 6) is 0.725. The Morgan fingerprint density at radius 2 is 1.88 bits per heavy atom. The summed E-state index contributed by atoms with van der Waals surface area (Å²) >= 11 is 0. The number of carbonyl (C=O) groups is 1. The van der Waals surface area contributed by atoms with E-state index in [0.717, 1.165) is 0 Å². The van der Waals surface area contributed by atoms with Crippen molar-refractivity contribution < 1.29 is 19.0 Å². The fourth-order valence-electron chi connectivity index (χ4n) is 1.36. The molecular formula is C13H16O4. The van der Waals surface area contributed by atoms with E-state index in [9.17, 15) is 4.79 Å². The smallest absolute Gasteiger partial charge is 0.338 e. The molecule has 0 radical (unpaired) electrons. The zero-order valence-corrected chi connectivity index (χ0v) is 10.3. The third-order valence-electron chi connectivity index (χ3n) is 2.25. The average molecular weight is 236 g/mol. The van der Waals surface area contributed by atoms with Crippen LogP contribution < -0.4 is 9.47 Å². The predicted octanol–water partition coefficient (Wildman–Crippen LogP) is 2.28. The van der Waals surface area contributed by atoms with E-state index < -0.39 is 5.97 Å². The number of benzene rings is 1. The summed E-state index contributed by atoms with van der Waals surface area (Å²) in [7, 11) is 3.09. The van der Waals surface area contributed by atoms with Gasteiger partial charge in [0.25, 0.3) is 0 Å². The van der Waals surface area contributed by atoms with Gasteiger partial charge in [0.2, 0.25) is 0 Å². The van der Waals surface area contributed by atoms with Crippen molar-refractivity contribution in [1.29, 1.82) is 0 Å². The van der Waals surface area contributed by atoms with Crippen LogP contribution >= 0.6 is 0 Å². The molecule has 0 amide bonds. The van der Waals surface area contributed by atoms with Crippen molar-refractivity contribution in [2.75, 3.05) is 20.8 Å². The van der Waals surface area contributed by atoms with Gasteiger partial charge in [-0.1, -0.05) is 12.6 Å². The molecule has 17 heavy (non-hydrogen) atoms. The Morgan fingerprint density at radius 3 is 2.41 bits per heavy atom. The standard InChI is InChI=1S/C13H16O4/c1-5-17-13(14)9(2)10-6-7-11(15-3)12(8-10)16-4/h6-8H,2,5H2,1,3-4H3. The zero-order chi connectivity index (χ0) is 12.8. The van der Waals surface area contributed by atoms with Crippen LogP contribution in [0.5, 0.6) is 11.5 Å². The highest BCUT2D eigenvalue weighted by Gasteiger charge is 2.13. The Hall–Kier alpha value is -1.97.